The summed E-state index contributed by atoms with van der Waals surface area (Å²) >= 11 is 0. The SMILES string of the molecule is Cc1cc(NS(=O)(=O)c2ccc(N[C@H]3O[C@H](CO)[C@@H](O)[C@H](O)[C@H]3O)cc2)no1. The number of aliphatic hydroxyl groups excluding tert-OH is 4. The van der Waals surface area contributed by atoms with Gasteiger partial charge in [-0.05, 0) is 31.2 Å². The van der Waals surface area contributed by atoms with Gasteiger partial charge in [0.1, 0.15) is 30.2 Å². The van der Waals surface area contributed by atoms with Crippen molar-refractivity contribution in [3.05, 3.63) is 36.1 Å². The predicted octanol–water partition coefficient (Wildman–Crippen LogP) is -1.00. The number of hydrogen-bond donors (Lipinski definition) is 6. The highest BCUT2D eigenvalue weighted by Gasteiger charge is 2.43. The van der Waals surface area contributed by atoms with Gasteiger partial charge in [-0.2, -0.15) is 0 Å². The lowest BCUT2D eigenvalue weighted by Crippen LogP contribution is -2.60. The van der Waals surface area contributed by atoms with Crippen LogP contribution in [0.4, 0.5) is 11.5 Å². The minimum atomic E-state index is -3.88. The maximum Gasteiger partial charge on any atom is 0.263 e. The molecule has 12 heteroatoms. The predicted molar refractivity (Wildman–Crippen MR) is 95.9 cm³/mol. The number of aryl methyl sites for hydroxylation is 1. The number of sulfonamides is 1. The lowest BCUT2D eigenvalue weighted by Gasteiger charge is -2.40. The minimum absolute atomic E-state index is 0.0347. The molecule has 6 N–H and O–H groups in total. The molecule has 0 unspecified atom stereocenters. The van der Waals surface area contributed by atoms with Crippen LogP contribution in [-0.4, -0.2) is 71.3 Å². The van der Waals surface area contributed by atoms with Gasteiger partial charge in [0.25, 0.3) is 10.0 Å². The number of benzene rings is 1. The average Bonchev–Trinajstić information content (AvgIpc) is 3.06. The molecule has 1 fully saturated rings. The summed E-state index contributed by atoms with van der Waals surface area (Å²) in [5.41, 5.74) is 0.389. The Hall–Kier alpha value is -2.22. The molecule has 1 saturated heterocycles. The Morgan fingerprint density at radius 2 is 1.79 bits per heavy atom. The molecule has 0 amide bonds. The normalized spacial score (nSPS) is 28.1. The van der Waals surface area contributed by atoms with E-state index >= 15 is 0 Å². The van der Waals surface area contributed by atoms with E-state index in [2.05, 4.69) is 15.2 Å². The molecule has 1 aromatic carbocycles. The zero-order valence-corrected chi connectivity index (χ0v) is 15.6. The van der Waals surface area contributed by atoms with E-state index in [0.717, 1.165) is 0 Å². The van der Waals surface area contributed by atoms with E-state index < -0.39 is 47.3 Å². The van der Waals surface area contributed by atoms with Crippen LogP contribution in [0.2, 0.25) is 0 Å². The first-order valence-corrected chi connectivity index (χ1v) is 9.83. The van der Waals surface area contributed by atoms with Gasteiger partial charge in [-0.15, -0.1) is 0 Å². The molecule has 2 aromatic rings. The van der Waals surface area contributed by atoms with Crippen LogP contribution in [0.1, 0.15) is 5.76 Å². The second-order valence-corrected chi connectivity index (χ2v) is 8.03. The summed E-state index contributed by atoms with van der Waals surface area (Å²) < 4.78 is 37.2. The molecule has 11 nitrogen and oxygen atoms in total. The van der Waals surface area contributed by atoms with E-state index in [-0.39, 0.29) is 10.7 Å². The van der Waals surface area contributed by atoms with Gasteiger partial charge in [0, 0.05) is 11.8 Å². The number of nitrogens with one attached hydrogen (secondary N) is 2. The van der Waals surface area contributed by atoms with Crippen LogP contribution in [0.15, 0.2) is 39.8 Å². The average molecular weight is 415 g/mol. The minimum Gasteiger partial charge on any atom is -0.394 e. The lowest BCUT2D eigenvalue weighted by atomic mass is 9.98. The summed E-state index contributed by atoms with van der Waals surface area (Å²) in [4.78, 5) is -0.0347. The molecule has 5 atom stereocenters. The van der Waals surface area contributed by atoms with Crippen LogP contribution in [0.5, 0.6) is 0 Å². The van der Waals surface area contributed by atoms with Crippen LogP contribution in [0, 0.1) is 6.92 Å². The molecule has 2 heterocycles. The number of aliphatic hydroxyl groups is 4. The standard InChI is InChI=1S/C16H21N3O8S/c1-8-6-12(18-27-8)19-28(24,25)10-4-2-9(3-5-10)17-16-15(23)14(22)13(21)11(7-20)26-16/h2-6,11,13-17,20-23H,7H2,1H3,(H,18,19)/t11-,13-,14+,15-,16+/m1/s1. The fourth-order valence-electron chi connectivity index (χ4n) is 2.73. The first-order valence-electron chi connectivity index (χ1n) is 8.34. The molecular weight excluding hydrogens is 394 g/mol. The smallest absolute Gasteiger partial charge is 0.263 e. The fraction of sp³-hybridized carbons (Fsp3) is 0.438. The summed E-state index contributed by atoms with van der Waals surface area (Å²) in [6, 6.07) is 6.95. The molecule has 0 spiro atoms. The molecule has 1 aromatic heterocycles. The van der Waals surface area contributed by atoms with E-state index in [9.17, 15) is 28.8 Å². The topological polar surface area (TPSA) is 174 Å². The van der Waals surface area contributed by atoms with Crippen molar-refractivity contribution in [3.8, 4) is 0 Å². The zero-order valence-electron chi connectivity index (χ0n) is 14.8. The van der Waals surface area contributed by atoms with Crippen molar-refractivity contribution < 1.29 is 38.1 Å². The highest BCUT2D eigenvalue weighted by atomic mass is 32.2. The largest absolute Gasteiger partial charge is 0.394 e. The number of ether oxygens (including phenoxy) is 1. The molecule has 1 aliphatic rings. The summed E-state index contributed by atoms with van der Waals surface area (Å²) in [5, 5.41) is 45.2. The number of nitrogens with zero attached hydrogens (tertiary/aromatic N) is 1. The maximum atomic E-state index is 12.4. The Morgan fingerprint density at radius 1 is 1.11 bits per heavy atom. The van der Waals surface area contributed by atoms with E-state index in [1.165, 1.54) is 30.3 Å². The zero-order chi connectivity index (χ0) is 20.5. The first-order chi connectivity index (χ1) is 13.2. The summed E-state index contributed by atoms with van der Waals surface area (Å²) in [5.74, 6) is 0.512. The lowest BCUT2D eigenvalue weighted by molar-refractivity contribution is -0.221. The Labute approximate surface area is 160 Å². The first kappa shape index (κ1) is 20.5. The van der Waals surface area contributed by atoms with Crippen molar-refractivity contribution in [1.82, 2.24) is 5.16 Å². The van der Waals surface area contributed by atoms with Crippen molar-refractivity contribution in [2.45, 2.75) is 42.5 Å². The van der Waals surface area contributed by atoms with Crippen LogP contribution in [0.3, 0.4) is 0 Å². The van der Waals surface area contributed by atoms with Gasteiger partial charge < -0.3 is 35.0 Å². The second kappa shape index (κ2) is 8.03. The Bertz CT molecular complexity index is 899. The molecule has 0 saturated carbocycles. The maximum absolute atomic E-state index is 12.4. The Morgan fingerprint density at radius 3 is 2.36 bits per heavy atom. The van der Waals surface area contributed by atoms with Crippen LogP contribution in [-0.2, 0) is 14.8 Å². The fourth-order valence-corrected chi connectivity index (χ4v) is 3.71. The quantitative estimate of drug-likeness (QED) is 0.343. The molecule has 154 valence electrons. The third kappa shape index (κ3) is 4.27. The van der Waals surface area contributed by atoms with E-state index in [1.807, 2.05) is 0 Å². The van der Waals surface area contributed by atoms with Crippen molar-refractivity contribution in [1.29, 1.82) is 0 Å². The molecule has 0 radical (unpaired) electrons. The van der Waals surface area contributed by atoms with Crippen LogP contribution >= 0.6 is 0 Å². The molecule has 0 aliphatic carbocycles. The van der Waals surface area contributed by atoms with E-state index in [1.54, 1.807) is 6.92 Å². The highest BCUT2D eigenvalue weighted by Crippen LogP contribution is 2.24. The molecule has 3 rings (SSSR count). The van der Waals surface area contributed by atoms with Crippen molar-refractivity contribution in [2.75, 3.05) is 16.6 Å². The third-order valence-electron chi connectivity index (χ3n) is 4.23. The highest BCUT2D eigenvalue weighted by molar-refractivity contribution is 7.92. The molecule has 1 aliphatic heterocycles. The summed E-state index contributed by atoms with van der Waals surface area (Å²) in [6.07, 6.45) is -6.60. The van der Waals surface area contributed by atoms with Gasteiger partial charge in [0.15, 0.2) is 12.0 Å². The van der Waals surface area contributed by atoms with Crippen LogP contribution < -0.4 is 10.0 Å². The Kier molecular flexibility index (Phi) is 5.88. The van der Waals surface area contributed by atoms with Crippen LogP contribution in [0.25, 0.3) is 0 Å². The van der Waals surface area contributed by atoms with Gasteiger partial charge in [-0.25, -0.2) is 8.42 Å². The summed E-state index contributed by atoms with van der Waals surface area (Å²) in [7, 11) is -3.88. The number of rotatable bonds is 6. The van der Waals surface area contributed by atoms with Crippen molar-refractivity contribution in [3.63, 3.8) is 0 Å². The van der Waals surface area contributed by atoms with Gasteiger partial charge in [0.05, 0.1) is 11.5 Å². The summed E-state index contributed by atoms with van der Waals surface area (Å²) in [6.45, 7) is 1.08. The number of aromatic nitrogens is 1. The van der Waals surface area contributed by atoms with E-state index in [4.69, 9.17) is 9.26 Å². The third-order valence-corrected chi connectivity index (χ3v) is 5.60. The van der Waals surface area contributed by atoms with E-state index in [0.29, 0.717) is 11.4 Å². The van der Waals surface area contributed by atoms with Crippen molar-refractivity contribution >= 4 is 21.5 Å². The number of hydrogen-bond acceptors (Lipinski definition) is 10. The van der Waals surface area contributed by atoms with Crippen molar-refractivity contribution in [2.24, 2.45) is 0 Å². The molecule has 0 bridgehead atoms. The monoisotopic (exact) mass is 415 g/mol. The van der Waals surface area contributed by atoms with Gasteiger partial charge in [0.2, 0.25) is 0 Å². The second-order valence-electron chi connectivity index (χ2n) is 6.35. The van der Waals surface area contributed by atoms with Gasteiger partial charge >= 0.3 is 0 Å². The number of anilines is 2. The molecular formula is C16H21N3O8S. The Balaban J connectivity index is 1.70. The van der Waals surface area contributed by atoms with Gasteiger partial charge in [-0.3, -0.25) is 4.72 Å². The van der Waals surface area contributed by atoms with Gasteiger partial charge in [-0.1, -0.05) is 5.16 Å². The molecule has 28 heavy (non-hydrogen) atoms.